The third-order valence-electron chi connectivity index (χ3n) is 6.18. The Kier molecular flexibility index (Phi) is 14.6. The molecule has 0 atom stereocenters. The van der Waals surface area contributed by atoms with Crippen molar-refractivity contribution in [2.45, 2.75) is 0 Å². The molecule has 19 heteroatoms. The Morgan fingerprint density at radius 2 is 1.13 bits per heavy atom. The van der Waals surface area contributed by atoms with Gasteiger partial charge in [0.05, 0.1) is 51.7 Å². The Labute approximate surface area is 281 Å². The number of anilines is 2. The maximum Gasteiger partial charge on any atom is 0.261 e. The number of benzene rings is 2. The number of rotatable bonds is 12. The molecule has 0 spiro atoms. The number of ketones is 2. The van der Waals surface area contributed by atoms with Gasteiger partial charge < -0.3 is 50.4 Å². The van der Waals surface area contributed by atoms with Gasteiger partial charge in [0.1, 0.15) is 0 Å². The van der Waals surface area contributed by atoms with Gasteiger partial charge in [-0.2, -0.15) is 0 Å². The minimum Gasteiger partial charge on any atom is -0.382 e. The molecule has 0 saturated carbocycles. The number of amides is 1. The van der Waals surface area contributed by atoms with E-state index in [0.717, 1.165) is 11.3 Å². The number of carbonyl (C=O) groups is 3. The average molecular weight is 702 g/mol. The number of nitrogens with one attached hydrogen (secondary N) is 3. The summed E-state index contributed by atoms with van der Waals surface area (Å²) in [4.78, 5) is 53.2. The summed E-state index contributed by atoms with van der Waals surface area (Å²) in [6.45, 7) is 1.30. The first kappa shape index (κ1) is 38.5. The van der Waals surface area contributed by atoms with E-state index in [9.17, 15) is 14.4 Å². The lowest BCUT2D eigenvalue weighted by Gasteiger charge is -2.25. The van der Waals surface area contributed by atoms with Gasteiger partial charge in [-0.3, -0.25) is 29.4 Å². The number of nitrogens with zero attached hydrogens (tertiary/aromatic N) is 3. The van der Waals surface area contributed by atoms with E-state index < -0.39 is 0 Å². The van der Waals surface area contributed by atoms with Gasteiger partial charge in [-0.1, -0.05) is 24.3 Å². The number of carbonyl (C=O) groups excluding carboxylic acids is 3. The number of hydrogen-bond acceptors (Lipinski definition) is 9. The second-order valence-corrected chi connectivity index (χ2v) is 10.1. The van der Waals surface area contributed by atoms with E-state index in [2.05, 4.69) is 30.9 Å². The van der Waals surface area contributed by atoms with Crippen LogP contribution in [-0.2, 0) is 0 Å². The van der Waals surface area contributed by atoms with E-state index in [-0.39, 0.29) is 134 Å². The average Bonchev–Trinajstić information content (AvgIpc) is 3.39. The van der Waals surface area contributed by atoms with Crippen molar-refractivity contribution in [2.24, 2.45) is 49.4 Å². The summed E-state index contributed by atoms with van der Waals surface area (Å²) in [6, 6.07) is 8.29. The van der Waals surface area contributed by atoms with Crippen LogP contribution in [0.25, 0.3) is 10.1 Å². The highest BCUT2D eigenvalue weighted by Crippen LogP contribution is 2.46. The Balaban J connectivity index is 0.00000337. The molecule has 0 saturated heterocycles. The van der Waals surface area contributed by atoms with Crippen molar-refractivity contribution in [2.75, 3.05) is 49.9 Å². The zero-order valence-corrected chi connectivity index (χ0v) is 27.1. The lowest BCUT2D eigenvalue weighted by molar-refractivity contribution is 0.0958. The Morgan fingerprint density at radius 1 is 0.689 bits per heavy atom. The molecule has 0 unspecified atom stereocenters. The Morgan fingerprint density at radius 3 is 1.62 bits per heavy atom. The lowest BCUT2D eigenvalue weighted by atomic mass is 9.81. The summed E-state index contributed by atoms with van der Waals surface area (Å²) < 4.78 is 0.581. The molecule has 0 radical (unpaired) electrons. The topological polar surface area (TPSA) is 280 Å². The van der Waals surface area contributed by atoms with Gasteiger partial charge >= 0.3 is 0 Å². The number of thiophene rings is 1. The largest absolute Gasteiger partial charge is 0.382 e. The van der Waals surface area contributed by atoms with Crippen LogP contribution >= 0.6 is 48.6 Å². The molecular formula is C26H35Cl3N12O3S. The second kappa shape index (κ2) is 17.1. The molecule has 45 heavy (non-hydrogen) atoms. The maximum atomic E-state index is 14.0. The number of aliphatic imine (C=N–C) groups is 3. The van der Waals surface area contributed by atoms with Gasteiger partial charge in [0.2, 0.25) is 0 Å². The summed E-state index contributed by atoms with van der Waals surface area (Å²) in [5.41, 5.74) is 34.3. The van der Waals surface area contributed by atoms with Crippen molar-refractivity contribution in [3.63, 3.8) is 0 Å². The highest BCUT2D eigenvalue weighted by Gasteiger charge is 2.36. The quantitative estimate of drug-likeness (QED) is 0.0419. The Bertz CT molecular complexity index is 1550. The molecule has 15 nitrogen and oxygen atoms in total. The zero-order chi connectivity index (χ0) is 30.4. The normalized spacial score (nSPS) is 10.9. The highest BCUT2D eigenvalue weighted by atomic mass is 35.5. The first-order valence-electron chi connectivity index (χ1n) is 12.8. The summed E-state index contributed by atoms with van der Waals surface area (Å²) in [5, 5.41) is 9.80. The monoisotopic (exact) mass is 700 g/mol. The molecule has 1 aliphatic carbocycles. The fraction of sp³-hybridized carbons (Fsp3) is 0.231. The van der Waals surface area contributed by atoms with E-state index in [4.69, 9.17) is 34.4 Å². The first-order valence-corrected chi connectivity index (χ1v) is 13.7. The lowest BCUT2D eigenvalue weighted by Crippen LogP contribution is -2.28. The van der Waals surface area contributed by atoms with Crippen LogP contribution in [0.5, 0.6) is 0 Å². The second-order valence-electron chi connectivity index (χ2n) is 9.09. The molecule has 1 aliphatic rings. The fourth-order valence-electron chi connectivity index (χ4n) is 4.50. The van der Waals surface area contributed by atoms with Crippen LogP contribution in [0.1, 0.15) is 41.5 Å². The predicted octanol–water partition coefficient (Wildman–Crippen LogP) is 0.316. The molecule has 15 N–H and O–H groups in total. The molecule has 0 fully saturated rings. The number of nitrogens with two attached hydrogens (primary N) is 6. The van der Waals surface area contributed by atoms with Crippen molar-refractivity contribution in [1.82, 2.24) is 5.32 Å². The van der Waals surface area contributed by atoms with Gasteiger partial charge in [-0.25, -0.2) is 0 Å². The van der Waals surface area contributed by atoms with E-state index in [1.54, 1.807) is 30.3 Å². The molecule has 4 rings (SSSR count). The zero-order valence-electron chi connectivity index (χ0n) is 23.8. The van der Waals surface area contributed by atoms with Gasteiger partial charge in [0.25, 0.3) is 5.91 Å². The molecule has 1 aromatic heterocycles. The third kappa shape index (κ3) is 8.78. The van der Waals surface area contributed by atoms with Crippen LogP contribution in [0.15, 0.2) is 45.3 Å². The maximum absolute atomic E-state index is 14.0. The predicted molar refractivity (Wildman–Crippen MR) is 188 cm³/mol. The van der Waals surface area contributed by atoms with Crippen LogP contribution in [0.4, 0.5) is 11.4 Å². The van der Waals surface area contributed by atoms with Crippen molar-refractivity contribution in [1.29, 1.82) is 0 Å². The molecule has 1 heterocycles. The van der Waals surface area contributed by atoms with Gasteiger partial charge in [0, 0.05) is 36.1 Å². The number of fused-ring (bicyclic) bond motifs is 3. The summed E-state index contributed by atoms with van der Waals surface area (Å²) in [5.74, 6) is -1.30. The van der Waals surface area contributed by atoms with E-state index in [1.807, 2.05) is 0 Å². The standard InChI is InChI=1S/C26H32N12O3S.3ClH/c27-24(28)36-8-5-33-18-14-11-15(23(41)35-7-10-38-26(31)32)42-22(14)19(34-6-9-37-25(29)30)17-16(18)20(39)12-3-1-2-4-13(12)21(17)40;;;/h1-4,11,33-34H,5-10H2,(H,35,41)(H4,27,28,36)(H4,29,30,37)(H4,31,32,38);3*1H. The smallest absolute Gasteiger partial charge is 0.261 e. The number of halogens is 3. The van der Waals surface area contributed by atoms with Crippen molar-refractivity contribution in [3.8, 4) is 0 Å². The van der Waals surface area contributed by atoms with E-state index in [0.29, 0.717) is 26.3 Å². The summed E-state index contributed by atoms with van der Waals surface area (Å²) in [6.07, 6.45) is 0. The van der Waals surface area contributed by atoms with Crippen LogP contribution < -0.4 is 50.4 Å². The molecule has 0 bridgehead atoms. The van der Waals surface area contributed by atoms with E-state index in [1.165, 1.54) is 0 Å². The minimum absolute atomic E-state index is 0. The van der Waals surface area contributed by atoms with Crippen LogP contribution in [0.3, 0.4) is 0 Å². The molecule has 1 amide bonds. The number of guanidine groups is 3. The molecule has 244 valence electrons. The summed E-state index contributed by atoms with van der Waals surface area (Å²) in [7, 11) is 0. The molecule has 0 aliphatic heterocycles. The minimum atomic E-state index is -0.376. The molecule has 2 aromatic carbocycles. The third-order valence-corrected chi connectivity index (χ3v) is 7.33. The fourth-order valence-corrected chi connectivity index (χ4v) is 5.61. The highest BCUT2D eigenvalue weighted by molar-refractivity contribution is 7.21. The van der Waals surface area contributed by atoms with Crippen molar-refractivity contribution < 1.29 is 14.4 Å². The van der Waals surface area contributed by atoms with Crippen LogP contribution in [-0.4, -0.2) is 74.6 Å². The van der Waals surface area contributed by atoms with E-state index >= 15 is 0 Å². The van der Waals surface area contributed by atoms with Crippen LogP contribution in [0.2, 0.25) is 0 Å². The molecule has 3 aromatic rings. The van der Waals surface area contributed by atoms with Gasteiger partial charge in [0.15, 0.2) is 29.4 Å². The van der Waals surface area contributed by atoms with Gasteiger partial charge in [-0.05, 0) is 6.07 Å². The number of hydrogen-bond donors (Lipinski definition) is 9. The summed E-state index contributed by atoms with van der Waals surface area (Å²) >= 11 is 1.16. The first-order chi connectivity index (χ1) is 20.1. The Hall–Kier alpha value is -4.51. The van der Waals surface area contributed by atoms with Gasteiger partial charge in [-0.15, -0.1) is 48.6 Å². The van der Waals surface area contributed by atoms with Crippen molar-refractivity contribution >= 4 is 105 Å². The van der Waals surface area contributed by atoms with Crippen molar-refractivity contribution in [3.05, 3.63) is 57.5 Å². The molecular weight excluding hydrogens is 667 g/mol. The SMILES string of the molecule is Cl.Cl.Cl.NC(N)=NCCNC(=O)c1cc2c(NCCN=C(N)N)c3c(c(NCCN=C(N)N)c2s1)C(=O)c1ccccc1C3=O. The van der Waals surface area contributed by atoms with Crippen LogP contribution in [0, 0.1) is 0 Å².